The van der Waals surface area contributed by atoms with Crippen molar-refractivity contribution in [3.05, 3.63) is 0 Å². The summed E-state index contributed by atoms with van der Waals surface area (Å²) in [7, 11) is 2.19. The van der Waals surface area contributed by atoms with Gasteiger partial charge in [0.1, 0.15) is 0 Å². The van der Waals surface area contributed by atoms with Crippen LogP contribution in [0.15, 0.2) is 0 Å². The van der Waals surface area contributed by atoms with Crippen LogP contribution in [0, 0.1) is 0 Å². The van der Waals surface area contributed by atoms with Gasteiger partial charge < -0.3 is 9.64 Å². The van der Waals surface area contributed by atoms with Gasteiger partial charge in [-0.1, -0.05) is 13.8 Å². The van der Waals surface area contributed by atoms with Crippen LogP contribution in [0.4, 0.5) is 0 Å². The summed E-state index contributed by atoms with van der Waals surface area (Å²) in [5, 5.41) is 0. The predicted molar refractivity (Wildman–Crippen MR) is 58.1 cm³/mol. The van der Waals surface area contributed by atoms with Crippen molar-refractivity contribution in [2.75, 3.05) is 20.2 Å². The third-order valence-corrected chi connectivity index (χ3v) is 2.55. The van der Waals surface area contributed by atoms with Crippen LogP contribution in [-0.4, -0.2) is 37.2 Å². The number of ether oxygens (including phenoxy) is 1. The van der Waals surface area contributed by atoms with E-state index in [0.29, 0.717) is 12.1 Å². The van der Waals surface area contributed by atoms with Crippen LogP contribution in [0.25, 0.3) is 0 Å². The molecular formula is C11H25NO. The molecule has 13 heavy (non-hydrogen) atoms. The average Bonchev–Trinajstić information content (AvgIpc) is 2.55. The van der Waals surface area contributed by atoms with Crippen molar-refractivity contribution in [2.45, 2.75) is 52.7 Å². The van der Waals surface area contributed by atoms with Gasteiger partial charge in [-0.3, -0.25) is 0 Å². The summed E-state index contributed by atoms with van der Waals surface area (Å²) in [4.78, 5) is 2.40. The predicted octanol–water partition coefficient (Wildman–Crippen LogP) is 2.53. The summed E-state index contributed by atoms with van der Waals surface area (Å²) in [5.41, 5.74) is 0. The Hall–Kier alpha value is -0.0800. The molecule has 1 heterocycles. The molecule has 0 N–H and O–H groups in total. The minimum Gasteiger partial charge on any atom is -0.377 e. The van der Waals surface area contributed by atoms with E-state index < -0.39 is 0 Å². The van der Waals surface area contributed by atoms with Crippen molar-refractivity contribution >= 4 is 0 Å². The minimum atomic E-state index is 0.410. The molecule has 1 rings (SSSR count). The molecule has 0 radical (unpaired) electrons. The lowest BCUT2D eigenvalue weighted by Gasteiger charge is -2.25. The van der Waals surface area contributed by atoms with E-state index in [-0.39, 0.29) is 0 Å². The first-order chi connectivity index (χ1) is 6.25. The van der Waals surface area contributed by atoms with Crippen LogP contribution in [0.5, 0.6) is 0 Å². The number of nitrogens with zero attached hydrogens (tertiary/aromatic N) is 1. The first-order valence-electron chi connectivity index (χ1n) is 5.57. The van der Waals surface area contributed by atoms with Crippen molar-refractivity contribution < 1.29 is 4.74 Å². The summed E-state index contributed by atoms with van der Waals surface area (Å²) in [6.07, 6.45) is 3.04. The van der Waals surface area contributed by atoms with Crippen molar-refractivity contribution in [1.29, 1.82) is 0 Å². The summed E-state index contributed by atoms with van der Waals surface area (Å²) in [6.45, 7) is 10.3. The van der Waals surface area contributed by atoms with Crippen molar-refractivity contribution in [1.82, 2.24) is 4.90 Å². The Morgan fingerprint density at radius 1 is 1.46 bits per heavy atom. The fourth-order valence-corrected chi connectivity index (χ4v) is 1.90. The summed E-state index contributed by atoms with van der Waals surface area (Å²) < 4.78 is 5.55. The molecule has 1 saturated heterocycles. The molecule has 0 aromatic carbocycles. The molecule has 1 aliphatic heterocycles. The molecule has 2 nitrogen and oxygen atoms in total. The Balaban J connectivity index is 0.000000671. The van der Waals surface area contributed by atoms with E-state index in [2.05, 4.69) is 25.8 Å². The molecule has 0 aromatic rings. The van der Waals surface area contributed by atoms with Gasteiger partial charge in [0.2, 0.25) is 0 Å². The van der Waals surface area contributed by atoms with Gasteiger partial charge in [0.15, 0.2) is 0 Å². The van der Waals surface area contributed by atoms with E-state index in [9.17, 15) is 0 Å². The van der Waals surface area contributed by atoms with E-state index in [1.165, 1.54) is 19.4 Å². The maximum absolute atomic E-state index is 5.55. The molecule has 0 saturated carbocycles. The van der Waals surface area contributed by atoms with Gasteiger partial charge in [-0.05, 0) is 40.3 Å². The monoisotopic (exact) mass is 187 g/mol. The van der Waals surface area contributed by atoms with Crippen LogP contribution < -0.4 is 0 Å². The Bertz CT molecular complexity index is 117. The largest absolute Gasteiger partial charge is 0.377 e. The smallest absolute Gasteiger partial charge is 0.0701 e. The second-order valence-corrected chi connectivity index (χ2v) is 3.35. The molecule has 0 bridgehead atoms. The van der Waals surface area contributed by atoms with Crippen LogP contribution in [-0.2, 0) is 4.74 Å². The quantitative estimate of drug-likeness (QED) is 0.673. The second kappa shape index (κ2) is 7.34. The zero-order valence-electron chi connectivity index (χ0n) is 9.84. The van der Waals surface area contributed by atoms with Gasteiger partial charge in [-0.2, -0.15) is 0 Å². The lowest BCUT2D eigenvalue weighted by Crippen LogP contribution is -2.36. The van der Waals surface area contributed by atoms with E-state index in [1.54, 1.807) is 0 Å². The van der Waals surface area contributed by atoms with Crippen molar-refractivity contribution in [2.24, 2.45) is 0 Å². The maximum atomic E-state index is 5.55. The number of hydrogen-bond donors (Lipinski definition) is 0. The number of rotatable bonds is 3. The molecular weight excluding hydrogens is 162 g/mol. The Morgan fingerprint density at radius 2 is 2.08 bits per heavy atom. The van der Waals surface area contributed by atoms with Crippen molar-refractivity contribution in [3.8, 4) is 0 Å². The molecule has 2 heteroatoms. The molecule has 80 valence electrons. The highest BCUT2D eigenvalue weighted by Gasteiger charge is 2.26. The molecule has 0 aromatic heterocycles. The van der Waals surface area contributed by atoms with Crippen LogP contribution in [0.3, 0.4) is 0 Å². The fraction of sp³-hybridized carbons (Fsp3) is 1.00. The Labute approximate surface area is 83.3 Å². The SMILES string of the molecule is CC.CCOC(C)C1CCCN1C. The van der Waals surface area contributed by atoms with Crippen LogP contribution in [0.2, 0.25) is 0 Å². The summed E-state index contributed by atoms with van der Waals surface area (Å²) in [5.74, 6) is 0. The van der Waals surface area contributed by atoms with Gasteiger partial charge in [-0.15, -0.1) is 0 Å². The van der Waals surface area contributed by atoms with Crippen molar-refractivity contribution in [3.63, 3.8) is 0 Å². The van der Waals surface area contributed by atoms with Gasteiger partial charge in [0.05, 0.1) is 6.10 Å². The Morgan fingerprint density at radius 3 is 2.46 bits per heavy atom. The third kappa shape index (κ3) is 4.10. The number of likely N-dealkylation sites (N-methyl/N-ethyl adjacent to an activating group) is 1. The summed E-state index contributed by atoms with van der Waals surface area (Å²) in [6, 6.07) is 0.662. The van der Waals surface area contributed by atoms with E-state index in [0.717, 1.165) is 6.61 Å². The molecule has 0 spiro atoms. The number of hydrogen-bond acceptors (Lipinski definition) is 2. The van der Waals surface area contributed by atoms with Crippen LogP contribution >= 0.6 is 0 Å². The zero-order chi connectivity index (χ0) is 10.3. The van der Waals surface area contributed by atoms with Gasteiger partial charge >= 0.3 is 0 Å². The highest BCUT2D eigenvalue weighted by atomic mass is 16.5. The topological polar surface area (TPSA) is 12.5 Å². The molecule has 2 unspecified atom stereocenters. The molecule has 0 aliphatic carbocycles. The molecule has 1 aliphatic rings. The molecule has 0 amide bonds. The van der Waals surface area contributed by atoms with E-state index in [1.807, 2.05) is 13.8 Å². The average molecular weight is 187 g/mol. The lowest BCUT2D eigenvalue weighted by molar-refractivity contribution is 0.0236. The Kier molecular flexibility index (Phi) is 7.29. The molecule has 1 fully saturated rings. The highest BCUT2D eigenvalue weighted by molar-refractivity contribution is 4.81. The van der Waals surface area contributed by atoms with Gasteiger partial charge in [0, 0.05) is 12.6 Å². The van der Waals surface area contributed by atoms with E-state index >= 15 is 0 Å². The van der Waals surface area contributed by atoms with E-state index in [4.69, 9.17) is 4.74 Å². The van der Waals surface area contributed by atoms with Gasteiger partial charge in [0.25, 0.3) is 0 Å². The summed E-state index contributed by atoms with van der Waals surface area (Å²) >= 11 is 0. The molecule has 2 atom stereocenters. The zero-order valence-corrected chi connectivity index (χ0v) is 9.84. The lowest BCUT2D eigenvalue weighted by atomic mass is 10.1. The first-order valence-corrected chi connectivity index (χ1v) is 5.57. The maximum Gasteiger partial charge on any atom is 0.0701 e. The normalized spacial score (nSPS) is 25.2. The second-order valence-electron chi connectivity index (χ2n) is 3.35. The standard InChI is InChI=1S/C9H19NO.C2H6/c1-4-11-8(2)9-6-5-7-10(9)3;1-2/h8-9H,4-7H2,1-3H3;1-2H3. The van der Waals surface area contributed by atoms with Crippen LogP contribution in [0.1, 0.15) is 40.5 Å². The van der Waals surface area contributed by atoms with Gasteiger partial charge in [-0.25, -0.2) is 0 Å². The first kappa shape index (κ1) is 12.9. The minimum absolute atomic E-state index is 0.410. The highest BCUT2D eigenvalue weighted by Crippen LogP contribution is 2.19. The number of likely N-dealkylation sites (tertiary alicyclic amines) is 1. The third-order valence-electron chi connectivity index (χ3n) is 2.55. The fourth-order valence-electron chi connectivity index (χ4n) is 1.90.